The van der Waals surface area contributed by atoms with Crippen molar-refractivity contribution < 1.29 is 19.5 Å². The normalized spacial score (nSPS) is 15.1. The highest BCUT2D eigenvalue weighted by Gasteiger charge is 2.22. The van der Waals surface area contributed by atoms with Gasteiger partial charge in [-0.25, -0.2) is 0 Å². The van der Waals surface area contributed by atoms with Gasteiger partial charge in [0, 0.05) is 23.7 Å². The molecule has 0 unspecified atom stereocenters. The van der Waals surface area contributed by atoms with Gasteiger partial charge in [-0.05, 0) is 50.1 Å². The minimum atomic E-state index is -1.03. The van der Waals surface area contributed by atoms with Crippen molar-refractivity contribution in [1.29, 1.82) is 0 Å². The van der Waals surface area contributed by atoms with E-state index in [1.807, 2.05) is 0 Å². The number of amides is 3. The van der Waals surface area contributed by atoms with Gasteiger partial charge in [0.15, 0.2) is 0 Å². The van der Waals surface area contributed by atoms with Gasteiger partial charge in [0.05, 0.1) is 12.5 Å². The molecule has 8 nitrogen and oxygen atoms in total. The summed E-state index contributed by atoms with van der Waals surface area (Å²) in [4.78, 5) is 35.9. The van der Waals surface area contributed by atoms with Crippen LogP contribution in [-0.4, -0.2) is 48.0 Å². The topological polar surface area (TPSA) is 134 Å². The molecule has 3 amide bonds. The molecule has 0 aliphatic heterocycles. The van der Waals surface area contributed by atoms with Crippen LogP contribution in [0.15, 0.2) is 48.8 Å². The van der Waals surface area contributed by atoms with E-state index in [2.05, 4.69) is 34.4 Å². The number of aliphatic hydroxyl groups is 1. The number of hydrogen-bond donors (Lipinski definition) is 5. The lowest BCUT2D eigenvalue weighted by atomic mass is 10.1. The van der Waals surface area contributed by atoms with Crippen LogP contribution >= 0.6 is 0 Å². The molecule has 0 aromatic heterocycles. The highest BCUT2D eigenvalue weighted by molar-refractivity contribution is 5.97. The molecule has 31 heavy (non-hydrogen) atoms. The maximum Gasteiger partial charge on any atom is 0.251 e. The third kappa shape index (κ3) is 8.36. The zero-order valence-electron chi connectivity index (χ0n) is 17.5. The van der Waals surface area contributed by atoms with E-state index in [-0.39, 0.29) is 30.7 Å². The zero-order chi connectivity index (χ0) is 22.8. The number of nitrogens with one attached hydrogen (secondary N) is 3. The van der Waals surface area contributed by atoms with Gasteiger partial charge in [-0.3, -0.25) is 14.4 Å². The Morgan fingerprint density at radius 3 is 2.55 bits per heavy atom. The molecule has 1 aromatic carbocycles. The fourth-order valence-corrected chi connectivity index (χ4v) is 2.50. The van der Waals surface area contributed by atoms with E-state index in [1.54, 1.807) is 31.2 Å². The Morgan fingerprint density at radius 2 is 1.97 bits per heavy atom. The molecule has 2 atom stereocenters. The summed E-state index contributed by atoms with van der Waals surface area (Å²) < 4.78 is 0. The lowest BCUT2D eigenvalue weighted by Crippen LogP contribution is -2.52. The molecule has 1 fully saturated rings. The number of aliphatic hydroxyl groups excluding tert-OH is 1. The van der Waals surface area contributed by atoms with Crippen molar-refractivity contribution in [2.24, 2.45) is 11.7 Å². The molecule has 164 valence electrons. The highest BCUT2D eigenvalue weighted by Crippen LogP contribution is 2.17. The van der Waals surface area contributed by atoms with Crippen LogP contribution < -0.4 is 21.7 Å². The number of nitrogens with two attached hydrogens (primary N) is 1. The molecule has 1 aromatic rings. The van der Waals surface area contributed by atoms with E-state index in [9.17, 15) is 19.5 Å². The lowest BCUT2D eigenvalue weighted by molar-refractivity contribution is -0.121. The molecule has 1 aliphatic carbocycles. The van der Waals surface area contributed by atoms with E-state index in [1.165, 1.54) is 12.2 Å². The Hall–Kier alpha value is -3.57. The number of hydrogen-bond acceptors (Lipinski definition) is 5. The second kappa shape index (κ2) is 11.6. The fraction of sp³-hybridized carbons (Fsp3) is 0.348. The van der Waals surface area contributed by atoms with Crippen LogP contribution in [0.5, 0.6) is 0 Å². The van der Waals surface area contributed by atoms with Gasteiger partial charge in [0.25, 0.3) is 5.91 Å². The van der Waals surface area contributed by atoms with E-state index in [4.69, 9.17) is 5.73 Å². The number of primary amides is 1. The summed E-state index contributed by atoms with van der Waals surface area (Å²) >= 11 is 0. The smallest absolute Gasteiger partial charge is 0.251 e. The van der Waals surface area contributed by atoms with Crippen LogP contribution in [0, 0.1) is 17.8 Å². The van der Waals surface area contributed by atoms with Crippen molar-refractivity contribution in [1.82, 2.24) is 16.0 Å². The van der Waals surface area contributed by atoms with Crippen molar-refractivity contribution in [3.05, 3.63) is 59.9 Å². The Labute approximate surface area is 182 Å². The Kier molecular flexibility index (Phi) is 8.85. The maximum atomic E-state index is 12.4. The summed E-state index contributed by atoms with van der Waals surface area (Å²) in [7, 11) is 0. The standard InChI is InChI=1S/C23H28N4O4/c1-3-4-20(28)15(2)5-6-16-7-9-17(10-8-16)23(31)27-19(22(24)30)13-26-21(29)14-25-18-11-12-18/h3-4,7-10,15,18-19,25,28H,1,11-14H2,2H3,(H2,24,30)(H,26,29)(H,27,31)/b20-4+/t15-,19+/m1/s1. The average Bonchev–Trinajstić information content (AvgIpc) is 3.58. The van der Waals surface area contributed by atoms with Crippen LogP contribution in [0.4, 0.5) is 0 Å². The average molecular weight is 425 g/mol. The number of benzene rings is 1. The predicted octanol–water partition coefficient (Wildman–Crippen LogP) is 0.754. The summed E-state index contributed by atoms with van der Waals surface area (Å²) in [5.41, 5.74) is 6.33. The number of allylic oxidation sites excluding steroid dienone is 3. The molecule has 0 spiro atoms. The third-order valence-electron chi connectivity index (χ3n) is 4.59. The summed E-state index contributed by atoms with van der Waals surface area (Å²) in [6, 6.07) is 5.82. The Bertz CT molecular complexity index is 908. The van der Waals surface area contributed by atoms with Crippen molar-refractivity contribution >= 4 is 17.7 Å². The van der Waals surface area contributed by atoms with E-state index < -0.39 is 17.9 Å². The summed E-state index contributed by atoms with van der Waals surface area (Å²) in [6.45, 7) is 5.35. The Morgan fingerprint density at radius 1 is 1.29 bits per heavy atom. The summed E-state index contributed by atoms with van der Waals surface area (Å²) in [5, 5.41) is 17.9. The third-order valence-corrected chi connectivity index (χ3v) is 4.59. The number of carbonyl (C=O) groups excluding carboxylic acids is 3. The van der Waals surface area contributed by atoms with Gasteiger partial charge in [-0.1, -0.05) is 24.5 Å². The van der Waals surface area contributed by atoms with E-state index in [0.717, 1.165) is 12.8 Å². The molecule has 1 saturated carbocycles. The van der Waals surface area contributed by atoms with Crippen LogP contribution in [0.2, 0.25) is 0 Å². The first-order valence-corrected chi connectivity index (χ1v) is 10.0. The minimum Gasteiger partial charge on any atom is -0.511 e. The second-order valence-corrected chi connectivity index (χ2v) is 7.28. The fourth-order valence-electron chi connectivity index (χ4n) is 2.50. The first kappa shape index (κ1) is 23.7. The molecular formula is C23H28N4O4. The minimum absolute atomic E-state index is 0.0879. The molecule has 0 heterocycles. The predicted molar refractivity (Wildman–Crippen MR) is 118 cm³/mol. The molecule has 0 bridgehead atoms. The van der Waals surface area contributed by atoms with Crippen molar-refractivity contribution in [2.75, 3.05) is 13.1 Å². The summed E-state index contributed by atoms with van der Waals surface area (Å²) in [5.74, 6) is 4.09. The van der Waals surface area contributed by atoms with Gasteiger partial charge in [-0.15, -0.1) is 0 Å². The van der Waals surface area contributed by atoms with E-state index in [0.29, 0.717) is 17.2 Å². The molecular weight excluding hydrogens is 396 g/mol. The first-order chi connectivity index (χ1) is 14.8. The molecule has 0 saturated heterocycles. The molecule has 1 aliphatic rings. The SMILES string of the molecule is C=C/C=C(/O)[C@H](C)C#Cc1ccc(C(=O)N[C@@H](CNC(=O)CNC2CC2)C(N)=O)cc1. The van der Waals surface area contributed by atoms with Gasteiger partial charge < -0.3 is 26.8 Å². The second-order valence-electron chi connectivity index (χ2n) is 7.28. The van der Waals surface area contributed by atoms with Gasteiger partial charge in [-0.2, -0.15) is 0 Å². The molecule has 2 rings (SSSR count). The van der Waals surface area contributed by atoms with E-state index >= 15 is 0 Å². The highest BCUT2D eigenvalue weighted by atomic mass is 16.3. The van der Waals surface area contributed by atoms with Crippen molar-refractivity contribution in [3.8, 4) is 11.8 Å². The molecule has 6 N–H and O–H groups in total. The monoisotopic (exact) mass is 424 g/mol. The van der Waals surface area contributed by atoms with Crippen LogP contribution in [0.25, 0.3) is 0 Å². The largest absolute Gasteiger partial charge is 0.511 e. The number of rotatable bonds is 10. The van der Waals surface area contributed by atoms with Crippen molar-refractivity contribution in [3.63, 3.8) is 0 Å². The lowest BCUT2D eigenvalue weighted by Gasteiger charge is -2.16. The van der Waals surface area contributed by atoms with Crippen LogP contribution in [-0.2, 0) is 9.59 Å². The first-order valence-electron chi connectivity index (χ1n) is 10.0. The van der Waals surface area contributed by atoms with Gasteiger partial charge >= 0.3 is 0 Å². The van der Waals surface area contributed by atoms with Crippen molar-refractivity contribution in [2.45, 2.75) is 31.8 Å². The summed E-state index contributed by atoms with van der Waals surface area (Å²) in [6.07, 6.45) is 5.09. The van der Waals surface area contributed by atoms with Gasteiger partial charge in [0.1, 0.15) is 11.8 Å². The maximum absolute atomic E-state index is 12.4. The zero-order valence-corrected chi connectivity index (χ0v) is 17.5. The van der Waals surface area contributed by atoms with Crippen LogP contribution in [0.3, 0.4) is 0 Å². The Balaban J connectivity index is 1.90. The van der Waals surface area contributed by atoms with Crippen LogP contribution in [0.1, 0.15) is 35.7 Å². The quantitative estimate of drug-likeness (QED) is 0.215. The number of carbonyl (C=O) groups is 3. The van der Waals surface area contributed by atoms with Gasteiger partial charge in [0.2, 0.25) is 11.8 Å². The molecule has 8 heteroatoms. The molecule has 0 radical (unpaired) electrons.